The molecule has 0 heterocycles. The summed E-state index contributed by atoms with van der Waals surface area (Å²) in [6.45, 7) is 1.86. The summed E-state index contributed by atoms with van der Waals surface area (Å²) < 4.78 is 0. The van der Waals surface area contributed by atoms with Crippen LogP contribution in [0.25, 0.3) is 6.08 Å². The van der Waals surface area contributed by atoms with E-state index in [1.54, 1.807) is 30.3 Å². The number of carbonyl (C=O) groups excluding carboxylic acids is 1. The Morgan fingerprint density at radius 2 is 1.80 bits per heavy atom. The quantitative estimate of drug-likeness (QED) is 0.798. The van der Waals surface area contributed by atoms with Crippen molar-refractivity contribution in [2.24, 2.45) is 0 Å². The number of carbonyl (C=O) groups is 1. The summed E-state index contributed by atoms with van der Waals surface area (Å²) >= 11 is 11.8. The van der Waals surface area contributed by atoms with Crippen LogP contribution in [0, 0.1) is 6.92 Å². The topological polar surface area (TPSA) is 29.1 Å². The first-order valence-corrected chi connectivity index (χ1v) is 6.81. The molecular formula is C16H13Cl2NO. The van der Waals surface area contributed by atoms with Gasteiger partial charge in [0, 0.05) is 21.8 Å². The van der Waals surface area contributed by atoms with Crippen LogP contribution in [0.15, 0.2) is 48.5 Å². The highest BCUT2D eigenvalue weighted by atomic mass is 35.5. The van der Waals surface area contributed by atoms with Gasteiger partial charge in [-0.05, 0) is 48.4 Å². The molecule has 0 spiro atoms. The van der Waals surface area contributed by atoms with Gasteiger partial charge >= 0.3 is 0 Å². The van der Waals surface area contributed by atoms with Gasteiger partial charge in [0.1, 0.15) is 0 Å². The highest BCUT2D eigenvalue weighted by molar-refractivity contribution is 6.31. The molecule has 2 nitrogen and oxygen atoms in total. The van der Waals surface area contributed by atoms with E-state index in [1.807, 2.05) is 25.1 Å². The number of hydrogen-bond donors (Lipinski definition) is 1. The number of nitrogens with one attached hydrogen (secondary N) is 1. The van der Waals surface area contributed by atoms with Crippen LogP contribution < -0.4 is 5.32 Å². The first-order chi connectivity index (χ1) is 9.56. The third kappa shape index (κ3) is 3.86. The van der Waals surface area contributed by atoms with Gasteiger partial charge < -0.3 is 5.32 Å². The summed E-state index contributed by atoms with van der Waals surface area (Å²) in [5, 5.41) is 4.09. The molecule has 0 saturated heterocycles. The molecule has 2 aromatic carbocycles. The van der Waals surface area contributed by atoms with Gasteiger partial charge in [-0.3, -0.25) is 4.79 Å². The van der Waals surface area contributed by atoms with E-state index >= 15 is 0 Å². The molecule has 0 radical (unpaired) electrons. The van der Waals surface area contributed by atoms with Gasteiger partial charge in [-0.2, -0.15) is 0 Å². The molecule has 0 unspecified atom stereocenters. The van der Waals surface area contributed by atoms with Gasteiger partial charge in [-0.25, -0.2) is 0 Å². The van der Waals surface area contributed by atoms with Crippen molar-refractivity contribution in [1.82, 2.24) is 0 Å². The summed E-state index contributed by atoms with van der Waals surface area (Å²) in [4.78, 5) is 11.8. The average Bonchev–Trinajstić information content (AvgIpc) is 2.43. The first kappa shape index (κ1) is 14.6. The lowest BCUT2D eigenvalue weighted by molar-refractivity contribution is -0.111. The number of rotatable bonds is 3. The summed E-state index contributed by atoms with van der Waals surface area (Å²) in [7, 11) is 0. The standard InChI is InChI=1S/C16H13Cl2NO/c1-11-14(18)3-2-4-15(11)19-16(20)10-7-12-5-8-13(17)9-6-12/h2-10H,1H3,(H,19,20)/b10-7+. The smallest absolute Gasteiger partial charge is 0.248 e. The third-order valence-electron chi connectivity index (χ3n) is 2.82. The van der Waals surface area contributed by atoms with Gasteiger partial charge in [0.15, 0.2) is 0 Å². The molecule has 0 aliphatic heterocycles. The third-order valence-corrected chi connectivity index (χ3v) is 3.48. The van der Waals surface area contributed by atoms with E-state index in [1.165, 1.54) is 6.08 Å². The summed E-state index contributed by atoms with van der Waals surface area (Å²) in [6.07, 6.45) is 3.20. The zero-order valence-electron chi connectivity index (χ0n) is 10.9. The Morgan fingerprint density at radius 1 is 1.10 bits per heavy atom. The van der Waals surface area contributed by atoms with E-state index in [0.29, 0.717) is 15.7 Å². The minimum Gasteiger partial charge on any atom is -0.322 e. The SMILES string of the molecule is Cc1c(Cl)cccc1NC(=O)/C=C/c1ccc(Cl)cc1. The fourth-order valence-corrected chi connectivity index (χ4v) is 1.96. The predicted octanol–water partition coefficient (Wildman–Crippen LogP) is 4.95. The van der Waals surface area contributed by atoms with E-state index in [0.717, 1.165) is 11.1 Å². The van der Waals surface area contributed by atoms with Crippen molar-refractivity contribution < 1.29 is 4.79 Å². The lowest BCUT2D eigenvalue weighted by atomic mass is 10.2. The molecule has 0 atom stereocenters. The maximum Gasteiger partial charge on any atom is 0.248 e. The van der Waals surface area contributed by atoms with Gasteiger partial charge in [-0.1, -0.05) is 41.4 Å². The molecule has 1 amide bonds. The monoisotopic (exact) mass is 305 g/mol. The predicted molar refractivity (Wildman–Crippen MR) is 85.3 cm³/mol. The molecule has 2 aromatic rings. The van der Waals surface area contributed by atoms with Crippen LogP contribution in [0.1, 0.15) is 11.1 Å². The molecule has 102 valence electrons. The Kier molecular flexibility index (Phi) is 4.83. The normalized spacial score (nSPS) is 10.8. The average molecular weight is 306 g/mol. The van der Waals surface area contributed by atoms with Crippen molar-refractivity contribution in [3.8, 4) is 0 Å². The van der Waals surface area contributed by atoms with Crippen LogP contribution in [0.5, 0.6) is 0 Å². The van der Waals surface area contributed by atoms with Gasteiger partial charge in [0.25, 0.3) is 0 Å². The lowest BCUT2D eigenvalue weighted by Crippen LogP contribution is -2.08. The maximum absolute atomic E-state index is 11.8. The van der Waals surface area contributed by atoms with E-state index in [4.69, 9.17) is 23.2 Å². The van der Waals surface area contributed by atoms with Crippen LogP contribution in [0.4, 0.5) is 5.69 Å². The number of hydrogen-bond acceptors (Lipinski definition) is 1. The van der Waals surface area contributed by atoms with E-state index in [-0.39, 0.29) is 5.91 Å². The summed E-state index contributed by atoms with van der Waals surface area (Å²) in [5.41, 5.74) is 2.47. The number of benzene rings is 2. The molecule has 20 heavy (non-hydrogen) atoms. The van der Waals surface area contributed by atoms with Crippen molar-refractivity contribution in [1.29, 1.82) is 0 Å². The second-order valence-electron chi connectivity index (χ2n) is 4.29. The fourth-order valence-electron chi connectivity index (χ4n) is 1.66. The lowest BCUT2D eigenvalue weighted by Gasteiger charge is -2.07. The Hall–Kier alpha value is -1.77. The number of halogens is 2. The zero-order chi connectivity index (χ0) is 14.5. The second-order valence-corrected chi connectivity index (χ2v) is 5.13. The van der Waals surface area contributed by atoms with Crippen molar-refractivity contribution in [3.05, 3.63) is 69.7 Å². The Labute approximate surface area is 128 Å². The van der Waals surface area contributed by atoms with Crippen LogP contribution in [-0.2, 0) is 4.79 Å². The highest BCUT2D eigenvalue weighted by Gasteiger charge is 2.04. The first-order valence-electron chi connectivity index (χ1n) is 6.06. The van der Waals surface area contributed by atoms with Crippen molar-refractivity contribution in [2.75, 3.05) is 5.32 Å². The van der Waals surface area contributed by atoms with Crippen LogP contribution in [0.2, 0.25) is 10.0 Å². The minimum atomic E-state index is -0.203. The molecule has 2 rings (SSSR count). The molecule has 4 heteroatoms. The maximum atomic E-state index is 11.8. The van der Waals surface area contributed by atoms with Gasteiger partial charge in [0.2, 0.25) is 5.91 Å². The summed E-state index contributed by atoms with van der Waals surface area (Å²) in [5.74, 6) is -0.203. The Morgan fingerprint density at radius 3 is 2.50 bits per heavy atom. The molecule has 0 saturated carbocycles. The molecule has 0 aliphatic carbocycles. The van der Waals surface area contributed by atoms with Crippen molar-refractivity contribution >= 4 is 40.9 Å². The van der Waals surface area contributed by atoms with Gasteiger partial charge in [0.05, 0.1) is 0 Å². The zero-order valence-corrected chi connectivity index (χ0v) is 12.4. The largest absolute Gasteiger partial charge is 0.322 e. The van der Waals surface area contributed by atoms with E-state index in [9.17, 15) is 4.79 Å². The highest BCUT2D eigenvalue weighted by Crippen LogP contribution is 2.22. The molecular weight excluding hydrogens is 293 g/mol. The second kappa shape index (κ2) is 6.60. The van der Waals surface area contributed by atoms with Crippen molar-refractivity contribution in [3.63, 3.8) is 0 Å². The fraction of sp³-hybridized carbons (Fsp3) is 0.0625. The number of amides is 1. The molecule has 1 N–H and O–H groups in total. The molecule has 0 aromatic heterocycles. The molecule has 0 aliphatic rings. The molecule has 0 bridgehead atoms. The number of anilines is 1. The van der Waals surface area contributed by atoms with Gasteiger partial charge in [-0.15, -0.1) is 0 Å². The van der Waals surface area contributed by atoms with Crippen LogP contribution in [-0.4, -0.2) is 5.91 Å². The Balaban J connectivity index is 2.05. The van der Waals surface area contributed by atoms with E-state index < -0.39 is 0 Å². The van der Waals surface area contributed by atoms with E-state index in [2.05, 4.69) is 5.32 Å². The molecule has 0 fully saturated rings. The summed E-state index contributed by atoms with van der Waals surface area (Å²) in [6, 6.07) is 12.6. The minimum absolute atomic E-state index is 0.203. The van der Waals surface area contributed by atoms with Crippen LogP contribution >= 0.6 is 23.2 Å². The Bertz CT molecular complexity index is 648. The van der Waals surface area contributed by atoms with Crippen molar-refractivity contribution in [2.45, 2.75) is 6.92 Å². The van der Waals surface area contributed by atoms with Crippen LogP contribution in [0.3, 0.4) is 0 Å².